The quantitative estimate of drug-likeness (QED) is 0.466. The Morgan fingerprint density at radius 2 is 1.54 bits per heavy atom. The molecular weight excluding hydrogens is 444 g/mol. The highest BCUT2D eigenvalue weighted by Crippen LogP contribution is 2.43. The zero-order valence-corrected chi connectivity index (χ0v) is 20.4. The molecule has 0 aromatic heterocycles. The molecule has 0 aliphatic carbocycles. The van der Waals surface area contributed by atoms with E-state index < -0.39 is 12.0 Å². The summed E-state index contributed by atoms with van der Waals surface area (Å²) in [5, 5.41) is 0. The van der Waals surface area contributed by atoms with Crippen molar-refractivity contribution in [3.8, 4) is 17.2 Å². The molecule has 3 aromatic rings. The number of nitrogens with zero attached hydrogens (tertiary/aromatic N) is 2. The van der Waals surface area contributed by atoms with Gasteiger partial charge in [-0.15, -0.1) is 0 Å². The fourth-order valence-electron chi connectivity index (χ4n) is 4.56. The van der Waals surface area contributed by atoms with Crippen LogP contribution in [0.25, 0.3) is 0 Å². The fourth-order valence-corrected chi connectivity index (χ4v) is 4.56. The standard InChI is InChI=1S/C28H30N2O5/c1-5-35-25-9-7-6-8-24(25)29(2)28(32)23-18-26(31)30(20-12-16-22(34-4)17-13-20)27(23)19-10-14-21(33-3)15-11-19/h6-17,23,27H,5,18H2,1-4H3/t23-,27+/m1/s1. The summed E-state index contributed by atoms with van der Waals surface area (Å²) in [6.45, 7) is 2.39. The average Bonchev–Trinajstić information content (AvgIpc) is 3.25. The molecule has 1 aliphatic heterocycles. The number of para-hydroxylation sites is 2. The molecule has 0 N–H and O–H groups in total. The maximum atomic E-state index is 13.9. The number of methoxy groups -OCH3 is 2. The summed E-state index contributed by atoms with van der Waals surface area (Å²) in [6.07, 6.45) is 0.0999. The second kappa shape index (κ2) is 10.5. The van der Waals surface area contributed by atoms with Crippen molar-refractivity contribution in [1.82, 2.24) is 0 Å². The SMILES string of the molecule is CCOc1ccccc1N(C)C(=O)[C@@H]1CC(=O)N(c2ccc(OC)cc2)[C@H]1c1ccc(OC)cc1. The summed E-state index contributed by atoms with van der Waals surface area (Å²) >= 11 is 0. The van der Waals surface area contributed by atoms with Crippen molar-refractivity contribution in [2.75, 3.05) is 37.7 Å². The molecule has 0 bridgehead atoms. The Morgan fingerprint density at radius 3 is 2.14 bits per heavy atom. The maximum absolute atomic E-state index is 13.9. The average molecular weight is 475 g/mol. The lowest BCUT2D eigenvalue weighted by Crippen LogP contribution is -2.37. The van der Waals surface area contributed by atoms with E-state index >= 15 is 0 Å². The van der Waals surface area contributed by atoms with Crippen molar-refractivity contribution in [3.63, 3.8) is 0 Å². The third kappa shape index (κ3) is 4.80. The lowest BCUT2D eigenvalue weighted by molar-refractivity contribution is -0.124. The number of anilines is 2. The van der Waals surface area contributed by atoms with Crippen LogP contribution in [0.3, 0.4) is 0 Å². The molecule has 2 amide bonds. The maximum Gasteiger partial charge on any atom is 0.232 e. The minimum absolute atomic E-state index is 0.0999. The molecule has 1 heterocycles. The van der Waals surface area contributed by atoms with Crippen LogP contribution in [0, 0.1) is 5.92 Å². The van der Waals surface area contributed by atoms with E-state index in [4.69, 9.17) is 14.2 Å². The van der Waals surface area contributed by atoms with Gasteiger partial charge in [0, 0.05) is 19.2 Å². The van der Waals surface area contributed by atoms with Crippen LogP contribution < -0.4 is 24.0 Å². The zero-order valence-electron chi connectivity index (χ0n) is 20.4. The summed E-state index contributed by atoms with van der Waals surface area (Å²) in [7, 11) is 4.93. The van der Waals surface area contributed by atoms with Gasteiger partial charge in [0.05, 0.1) is 38.5 Å². The van der Waals surface area contributed by atoms with Crippen LogP contribution >= 0.6 is 0 Å². The van der Waals surface area contributed by atoms with Crippen molar-refractivity contribution in [2.45, 2.75) is 19.4 Å². The van der Waals surface area contributed by atoms with Gasteiger partial charge in [0.25, 0.3) is 0 Å². The summed E-state index contributed by atoms with van der Waals surface area (Å²) in [5.74, 6) is 1.19. The molecule has 4 rings (SSSR count). The molecule has 0 unspecified atom stereocenters. The molecule has 7 nitrogen and oxygen atoms in total. The van der Waals surface area contributed by atoms with Gasteiger partial charge in [-0.05, 0) is 61.0 Å². The van der Waals surface area contributed by atoms with Crippen molar-refractivity contribution in [1.29, 1.82) is 0 Å². The number of hydrogen-bond acceptors (Lipinski definition) is 5. The molecule has 7 heteroatoms. The minimum Gasteiger partial charge on any atom is -0.497 e. The van der Waals surface area contributed by atoms with E-state index in [1.54, 1.807) is 31.1 Å². The van der Waals surface area contributed by atoms with Crippen LogP contribution in [-0.2, 0) is 9.59 Å². The molecule has 1 saturated heterocycles. The number of hydrogen-bond donors (Lipinski definition) is 0. The summed E-state index contributed by atoms with van der Waals surface area (Å²) in [5.41, 5.74) is 2.24. The number of carbonyl (C=O) groups excluding carboxylic acids is 2. The Labute approximate surface area is 205 Å². The van der Waals surface area contributed by atoms with Gasteiger partial charge in [-0.3, -0.25) is 9.59 Å². The van der Waals surface area contributed by atoms with E-state index in [1.165, 1.54) is 0 Å². The second-order valence-corrected chi connectivity index (χ2v) is 8.29. The Kier molecular flexibility index (Phi) is 7.25. The van der Waals surface area contributed by atoms with Gasteiger partial charge in [0.15, 0.2) is 0 Å². The Hall–Kier alpha value is -4.00. The molecule has 182 valence electrons. The molecule has 3 aromatic carbocycles. The number of rotatable bonds is 8. The second-order valence-electron chi connectivity index (χ2n) is 8.29. The molecule has 0 radical (unpaired) electrons. The molecular formula is C28H30N2O5. The van der Waals surface area contributed by atoms with E-state index in [2.05, 4.69) is 0 Å². The van der Waals surface area contributed by atoms with E-state index in [9.17, 15) is 9.59 Å². The predicted molar refractivity (Wildman–Crippen MR) is 135 cm³/mol. The van der Waals surface area contributed by atoms with Crippen LogP contribution in [0.4, 0.5) is 11.4 Å². The fraction of sp³-hybridized carbons (Fsp3) is 0.286. The van der Waals surface area contributed by atoms with Crippen LogP contribution in [0.5, 0.6) is 17.2 Å². The summed E-state index contributed by atoms with van der Waals surface area (Å²) in [4.78, 5) is 30.5. The largest absolute Gasteiger partial charge is 0.497 e. The van der Waals surface area contributed by atoms with Crippen LogP contribution in [0.15, 0.2) is 72.8 Å². The van der Waals surface area contributed by atoms with E-state index in [-0.39, 0.29) is 18.2 Å². The first-order valence-corrected chi connectivity index (χ1v) is 11.6. The van der Waals surface area contributed by atoms with E-state index in [0.717, 1.165) is 5.56 Å². The van der Waals surface area contributed by atoms with Crippen LogP contribution in [0.2, 0.25) is 0 Å². The lowest BCUT2D eigenvalue weighted by Gasteiger charge is -2.31. The van der Waals surface area contributed by atoms with E-state index in [0.29, 0.717) is 35.2 Å². The number of ether oxygens (including phenoxy) is 3. The Balaban J connectivity index is 1.74. The van der Waals surface area contributed by atoms with Gasteiger partial charge < -0.3 is 24.0 Å². The third-order valence-corrected chi connectivity index (χ3v) is 6.30. The van der Waals surface area contributed by atoms with Crippen LogP contribution in [0.1, 0.15) is 24.9 Å². The zero-order chi connectivity index (χ0) is 24.9. The molecule has 1 aliphatic rings. The van der Waals surface area contributed by atoms with Gasteiger partial charge in [-0.25, -0.2) is 0 Å². The van der Waals surface area contributed by atoms with Crippen molar-refractivity contribution >= 4 is 23.2 Å². The number of amides is 2. The van der Waals surface area contributed by atoms with Crippen molar-refractivity contribution < 1.29 is 23.8 Å². The monoisotopic (exact) mass is 474 g/mol. The van der Waals surface area contributed by atoms with Crippen LogP contribution in [-0.4, -0.2) is 39.7 Å². The van der Waals surface area contributed by atoms with Gasteiger partial charge >= 0.3 is 0 Å². The Bertz CT molecular complexity index is 1180. The van der Waals surface area contributed by atoms with Gasteiger partial charge in [0.1, 0.15) is 17.2 Å². The molecule has 2 atom stereocenters. The number of carbonyl (C=O) groups is 2. The predicted octanol–water partition coefficient (Wildman–Crippen LogP) is 4.86. The van der Waals surface area contributed by atoms with Crippen molar-refractivity contribution in [2.24, 2.45) is 5.92 Å². The smallest absolute Gasteiger partial charge is 0.232 e. The first-order chi connectivity index (χ1) is 17.0. The molecule has 1 fully saturated rings. The van der Waals surface area contributed by atoms with Gasteiger partial charge in [-0.1, -0.05) is 24.3 Å². The third-order valence-electron chi connectivity index (χ3n) is 6.30. The first-order valence-electron chi connectivity index (χ1n) is 11.6. The summed E-state index contributed by atoms with van der Waals surface area (Å²) < 4.78 is 16.3. The topological polar surface area (TPSA) is 68.3 Å². The van der Waals surface area contributed by atoms with E-state index in [1.807, 2.05) is 79.7 Å². The van der Waals surface area contributed by atoms with Gasteiger partial charge in [-0.2, -0.15) is 0 Å². The summed E-state index contributed by atoms with van der Waals surface area (Å²) in [6, 6.07) is 21.8. The van der Waals surface area contributed by atoms with Gasteiger partial charge in [0.2, 0.25) is 11.8 Å². The molecule has 0 spiro atoms. The highest BCUT2D eigenvalue weighted by molar-refractivity contribution is 6.05. The lowest BCUT2D eigenvalue weighted by atomic mass is 9.92. The molecule has 0 saturated carbocycles. The Morgan fingerprint density at radius 1 is 0.943 bits per heavy atom. The number of benzene rings is 3. The highest BCUT2D eigenvalue weighted by atomic mass is 16.5. The minimum atomic E-state index is -0.585. The first kappa shape index (κ1) is 24.1. The highest BCUT2D eigenvalue weighted by Gasteiger charge is 2.46. The molecule has 35 heavy (non-hydrogen) atoms. The van der Waals surface area contributed by atoms with Crippen molar-refractivity contribution in [3.05, 3.63) is 78.4 Å². The normalized spacial score (nSPS) is 17.3.